The molecule has 2 saturated heterocycles. The minimum Gasteiger partial charge on any atom is -0.399 e. The number of hydrogen-bond donors (Lipinski definition) is 1. The maximum Gasteiger partial charge on any atom is 0.257 e. The molecule has 0 bridgehead atoms. The van der Waals surface area contributed by atoms with Crippen molar-refractivity contribution in [3.63, 3.8) is 0 Å². The van der Waals surface area contributed by atoms with Crippen molar-refractivity contribution in [1.82, 2.24) is 18.8 Å². The van der Waals surface area contributed by atoms with Crippen molar-refractivity contribution in [2.75, 3.05) is 31.9 Å². The highest BCUT2D eigenvalue weighted by molar-refractivity contribution is 7.97. The van der Waals surface area contributed by atoms with Gasteiger partial charge in [0.15, 0.2) is 0 Å². The molecule has 1 amide bonds. The highest BCUT2D eigenvalue weighted by atomic mass is 32.2. The molecule has 5 rings (SSSR count). The van der Waals surface area contributed by atoms with E-state index in [9.17, 15) is 4.79 Å². The Balaban J connectivity index is 1.28. The van der Waals surface area contributed by atoms with Gasteiger partial charge in [0.25, 0.3) is 5.91 Å². The Morgan fingerprint density at radius 2 is 1.77 bits per heavy atom. The zero-order valence-electron chi connectivity index (χ0n) is 17.0. The van der Waals surface area contributed by atoms with E-state index in [-0.39, 0.29) is 5.91 Å². The van der Waals surface area contributed by atoms with Crippen LogP contribution in [0.4, 0.5) is 5.69 Å². The van der Waals surface area contributed by atoms with E-state index in [1.165, 1.54) is 10.5 Å². The van der Waals surface area contributed by atoms with Gasteiger partial charge >= 0.3 is 0 Å². The molecule has 4 heterocycles. The monoisotopic (exact) mass is 421 g/mol. The van der Waals surface area contributed by atoms with Crippen molar-refractivity contribution in [1.29, 1.82) is 0 Å². The Kier molecular flexibility index (Phi) is 5.39. The first-order valence-corrected chi connectivity index (χ1v) is 11.5. The Labute approximate surface area is 181 Å². The van der Waals surface area contributed by atoms with Crippen molar-refractivity contribution in [3.05, 3.63) is 59.9 Å². The molecule has 0 radical (unpaired) electrons. The van der Waals surface area contributed by atoms with Gasteiger partial charge in [-0.05, 0) is 85.5 Å². The molecule has 0 aliphatic carbocycles. The van der Waals surface area contributed by atoms with Gasteiger partial charge < -0.3 is 10.6 Å². The summed E-state index contributed by atoms with van der Waals surface area (Å²) in [6, 6.07) is 12.4. The van der Waals surface area contributed by atoms with Gasteiger partial charge in [-0.2, -0.15) is 5.10 Å². The molecule has 2 fully saturated rings. The van der Waals surface area contributed by atoms with Crippen LogP contribution in [-0.2, 0) is 0 Å². The number of amides is 1. The molecule has 1 aromatic carbocycles. The third-order valence-electron chi connectivity index (χ3n) is 6.21. The van der Waals surface area contributed by atoms with Crippen LogP contribution in [0.1, 0.15) is 47.5 Å². The molecule has 7 heteroatoms. The highest BCUT2D eigenvalue weighted by Gasteiger charge is 2.25. The average molecular weight is 422 g/mol. The molecular weight excluding hydrogens is 394 g/mol. The predicted molar refractivity (Wildman–Crippen MR) is 121 cm³/mol. The lowest BCUT2D eigenvalue weighted by molar-refractivity contribution is 0.0794. The van der Waals surface area contributed by atoms with Crippen LogP contribution in [0.2, 0.25) is 0 Å². The standard InChI is InChI=1S/C23H27N5OS/c24-19-3-5-20(6-4-19)30-27-12-7-17(8-13-27)18-9-14-28-22(15-18)21(16-25-28)23(29)26-10-1-2-11-26/h3-6,9,14-17H,1-2,7-8,10-13,24H2. The number of nitrogens with zero attached hydrogens (tertiary/aromatic N) is 4. The number of carbonyl (C=O) groups excluding carboxylic acids is 1. The van der Waals surface area contributed by atoms with Crippen molar-refractivity contribution in [2.24, 2.45) is 0 Å². The summed E-state index contributed by atoms with van der Waals surface area (Å²) in [6.45, 7) is 3.81. The van der Waals surface area contributed by atoms with Gasteiger partial charge in [0.1, 0.15) is 0 Å². The van der Waals surface area contributed by atoms with E-state index < -0.39 is 0 Å². The lowest BCUT2D eigenvalue weighted by Crippen LogP contribution is -2.28. The third kappa shape index (κ3) is 3.91. The predicted octanol–water partition coefficient (Wildman–Crippen LogP) is 4.04. The largest absolute Gasteiger partial charge is 0.399 e. The van der Waals surface area contributed by atoms with Crippen LogP contribution in [0, 0.1) is 0 Å². The molecule has 0 spiro atoms. The molecule has 0 atom stereocenters. The summed E-state index contributed by atoms with van der Waals surface area (Å²) >= 11 is 1.81. The van der Waals surface area contributed by atoms with Crippen LogP contribution in [-0.4, -0.2) is 50.9 Å². The van der Waals surface area contributed by atoms with E-state index in [0.717, 1.165) is 68.6 Å². The molecule has 2 aromatic heterocycles. The lowest BCUT2D eigenvalue weighted by atomic mass is 9.90. The van der Waals surface area contributed by atoms with E-state index in [1.54, 1.807) is 6.20 Å². The summed E-state index contributed by atoms with van der Waals surface area (Å²) in [7, 11) is 0. The zero-order valence-corrected chi connectivity index (χ0v) is 17.9. The first-order chi connectivity index (χ1) is 14.7. The average Bonchev–Trinajstić information content (AvgIpc) is 3.45. The second kappa shape index (κ2) is 8.32. The van der Waals surface area contributed by atoms with Crippen LogP contribution in [0.25, 0.3) is 5.52 Å². The fourth-order valence-electron chi connectivity index (χ4n) is 4.46. The quantitative estimate of drug-likeness (QED) is 0.509. The molecule has 0 unspecified atom stereocenters. The molecular formula is C23H27N5OS. The van der Waals surface area contributed by atoms with E-state index >= 15 is 0 Å². The number of anilines is 1. The van der Waals surface area contributed by atoms with Gasteiger partial charge in [-0.1, -0.05) is 0 Å². The van der Waals surface area contributed by atoms with E-state index in [2.05, 4.69) is 33.7 Å². The minimum atomic E-state index is 0.120. The van der Waals surface area contributed by atoms with Crippen LogP contribution >= 0.6 is 11.9 Å². The van der Waals surface area contributed by atoms with Gasteiger partial charge in [-0.3, -0.25) is 4.79 Å². The van der Waals surface area contributed by atoms with Crippen molar-refractivity contribution in [2.45, 2.75) is 36.5 Å². The number of likely N-dealkylation sites (tertiary alicyclic amines) is 1. The van der Waals surface area contributed by atoms with Gasteiger partial charge in [0.05, 0.1) is 17.3 Å². The minimum absolute atomic E-state index is 0.120. The Hall–Kier alpha value is -2.51. The molecule has 2 N–H and O–H groups in total. The number of nitrogen functional groups attached to an aromatic ring is 1. The van der Waals surface area contributed by atoms with Gasteiger partial charge in [-0.15, -0.1) is 0 Å². The molecule has 156 valence electrons. The van der Waals surface area contributed by atoms with Crippen LogP contribution in [0.5, 0.6) is 0 Å². The van der Waals surface area contributed by atoms with E-state index in [1.807, 2.05) is 39.7 Å². The normalized spacial score (nSPS) is 18.3. The summed E-state index contributed by atoms with van der Waals surface area (Å²) in [5.74, 6) is 0.636. The number of carbonyl (C=O) groups is 1. The highest BCUT2D eigenvalue weighted by Crippen LogP contribution is 2.34. The third-order valence-corrected chi connectivity index (χ3v) is 7.32. The SMILES string of the molecule is Nc1ccc(SN2CCC(c3ccn4ncc(C(=O)N5CCCC5)c4c3)CC2)cc1. The molecule has 0 saturated carbocycles. The molecule has 6 nitrogen and oxygen atoms in total. The second-order valence-electron chi connectivity index (χ2n) is 8.21. The van der Waals surface area contributed by atoms with Crippen molar-refractivity contribution >= 4 is 29.1 Å². The van der Waals surface area contributed by atoms with Gasteiger partial charge in [0.2, 0.25) is 0 Å². The topological polar surface area (TPSA) is 66.9 Å². The second-order valence-corrected chi connectivity index (χ2v) is 9.38. The van der Waals surface area contributed by atoms with Crippen LogP contribution in [0.15, 0.2) is 53.7 Å². The maximum absolute atomic E-state index is 12.9. The summed E-state index contributed by atoms with van der Waals surface area (Å²) in [5.41, 5.74) is 9.57. The van der Waals surface area contributed by atoms with E-state index in [4.69, 9.17) is 5.73 Å². The number of pyridine rings is 1. The first-order valence-electron chi connectivity index (χ1n) is 10.7. The number of rotatable bonds is 4. The number of aromatic nitrogens is 2. The fraction of sp³-hybridized carbons (Fsp3) is 0.391. The Morgan fingerprint density at radius 1 is 1.03 bits per heavy atom. The number of benzene rings is 1. The molecule has 2 aliphatic rings. The molecule has 30 heavy (non-hydrogen) atoms. The zero-order chi connectivity index (χ0) is 20.5. The summed E-state index contributed by atoms with van der Waals surface area (Å²) in [5, 5.41) is 4.41. The summed E-state index contributed by atoms with van der Waals surface area (Å²) in [6.07, 6.45) is 8.15. The summed E-state index contributed by atoms with van der Waals surface area (Å²) < 4.78 is 4.26. The van der Waals surface area contributed by atoms with Gasteiger partial charge in [0, 0.05) is 43.0 Å². The number of fused-ring (bicyclic) bond motifs is 1. The fourth-order valence-corrected chi connectivity index (χ4v) is 5.41. The number of hydrogen-bond acceptors (Lipinski definition) is 5. The molecule has 2 aliphatic heterocycles. The maximum atomic E-state index is 12.9. The first kappa shape index (κ1) is 19.5. The van der Waals surface area contributed by atoms with Crippen LogP contribution < -0.4 is 5.73 Å². The van der Waals surface area contributed by atoms with E-state index in [0.29, 0.717) is 5.92 Å². The lowest BCUT2D eigenvalue weighted by Gasteiger charge is -2.31. The van der Waals surface area contributed by atoms with Crippen molar-refractivity contribution in [3.8, 4) is 0 Å². The van der Waals surface area contributed by atoms with Gasteiger partial charge in [-0.25, -0.2) is 8.82 Å². The number of nitrogens with two attached hydrogens (primary N) is 1. The smallest absolute Gasteiger partial charge is 0.257 e. The molecule has 3 aromatic rings. The van der Waals surface area contributed by atoms with Crippen LogP contribution in [0.3, 0.4) is 0 Å². The Morgan fingerprint density at radius 3 is 2.50 bits per heavy atom. The van der Waals surface area contributed by atoms with Crippen molar-refractivity contribution < 1.29 is 4.79 Å². The summed E-state index contributed by atoms with van der Waals surface area (Å²) in [4.78, 5) is 16.1. The number of piperidine rings is 1. The Bertz CT molecular complexity index is 1030.